The van der Waals surface area contributed by atoms with Crippen LogP contribution in [0.25, 0.3) is 10.9 Å². The molecule has 0 fully saturated rings. The molecule has 0 radical (unpaired) electrons. The molecule has 0 aliphatic heterocycles. The normalized spacial score (nSPS) is 11.3. The third kappa shape index (κ3) is 3.46. The zero-order valence-electron chi connectivity index (χ0n) is 15.1. The van der Waals surface area contributed by atoms with E-state index in [0.717, 1.165) is 5.52 Å². The Morgan fingerprint density at radius 2 is 1.89 bits per heavy atom. The van der Waals surface area contributed by atoms with E-state index in [0.29, 0.717) is 28.5 Å². The van der Waals surface area contributed by atoms with Gasteiger partial charge in [-0.25, -0.2) is 0 Å². The van der Waals surface area contributed by atoms with Crippen molar-refractivity contribution in [2.75, 3.05) is 14.2 Å². The number of ether oxygens (including phenoxy) is 2. The molecule has 0 spiro atoms. The summed E-state index contributed by atoms with van der Waals surface area (Å²) in [7, 11) is 2.99. The number of carbonyl (C=O) groups is 1. The minimum absolute atomic E-state index is 0.0707. The highest BCUT2D eigenvalue weighted by molar-refractivity contribution is 6.31. The fourth-order valence-electron chi connectivity index (χ4n) is 2.84. The van der Waals surface area contributed by atoms with Crippen LogP contribution in [0, 0.1) is 0 Å². The molecule has 3 aromatic rings. The number of amides is 1. The van der Waals surface area contributed by atoms with E-state index in [4.69, 9.17) is 21.1 Å². The minimum Gasteiger partial charge on any atom is -0.493 e. The summed E-state index contributed by atoms with van der Waals surface area (Å²) in [5, 5.41) is 19.3. The van der Waals surface area contributed by atoms with Crippen molar-refractivity contribution in [1.82, 2.24) is 4.57 Å². The number of benzene rings is 2. The average molecular weight is 388 g/mol. The predicted octanol–water partition coefficient (Wildman–Crippen LogP) is 4.96. The molecule has 0 aliphatic carbocycles. The van der Waals surface area contributed by atoms with Gasteiger partial charge in [-0.2, -0.15) is 0 Å². The van der Waals surface area contributed by atoms with Crippen molar-refractivity contribution < 1.29 is 19.4 Å². The van der Waals surface area contributed by atoms with Crippen LogP contribution in [-0.4, -0.2) is 29.8 Å². The summed E-state index contributed by atoms with van der Waals surface area (Å²) in [5.74, 6) is 0.272. The molecule has 0 saturated carbocycles. The molecule has 0 atom stereocenters. The van der Waals surface area contributed by atoms with E-state index in [9.17, 15) is 9.90 Å². The summed E-state index contributed by atoms with van der Waals surface area (Å²) in [6, 6.07) is 9.89. The van der Waals surface area contributed by atoms with Gasteiger partial charge in [-0.3, -0.25) is 4.79 Å². The summed E-state index contributed by atoms with van der Waals surface area (Å²) >= 11 is 6.06. The molecule has 0 saturated heterocycles. The van der Waals surface area contributed by atoms with E-state index in [2.05, 4.69) is 10.2 Å². The highest BCUT2D eigenvalue weighted by Crippen LogP contribution is 2.40. The molecule has 1 heterocycles. The zero-order valence-corrected chi connectivity index (χ0v) is 15.8. The van der Waals surface area contributed by atoms with Crippen molar-refractivity contribution in [3.8, 4) is 17.4 Å². The maximum Gasteiger partial charge on any atom is 0.295 e. The summed E-state index contributed by atoms with van der Waals surface area (Å²) in [6.45, 7) is 2.42. The van der Waals surface area contributed by atoms with Gasteiger partial charge in [0, 0.05) is 22.5 Å². The van der Waals surface area contributed by atoms with Gasteiger partial charge in [0.15, 0.2) is 17.2 Å². The molecule has 1 N–H and O–H groups in total. The Balaban J connectivity index is 2.00. The quantitative estimate of drug-likeness (QED) is 0.627. The monoisotopic (exact) mass is 387 g/mol. The molecule has 27 heavy (non-hydrogen) atoms. The standard InChI is InChI=1S/C19H18ClN3O4/c1-4-23-14-7-6-12(20)10-13(14)17(19(23)25)21-22-18(24)11-5-8-15(26-2)16(9-11)27-3/h5-10,25H,4H2,1-3H3. The lowest BCUT2D eigenvalue weighted by molar-refractivity contribution is 0.0994. The number of hydrogen-bond donors (Lipinski definition) is 1. The lowest BCUT2D eigenvalue weighted by Gasteiger charge is -2.07. The van der Waals surface area contributed by atoms with Crippen molar-refractivity contribution in [3.05, 3.63) is 47.0 Å². The van der Waals surface area contributed by atoms with Crippen molar-refractivity contribution in [2.45, 2.75) is 13.5 Å². The number of aromatic nitrogens is 1. The first-order valence-corrected chi connectivity index (χ1v) is 8.56. The van der Waals surface area contributed by atoms with Crippen LogP contribution in [0.1, 0.15) is 17.3 Å². The smallest absolute Gasteiger partial charge is 0.295 e. The Kier molecular flexibility index (Phi) is 5.32. The van der Waals surface area contributed by atoms with Crippen LogP contribution >= 0.6 is 11.6 Å². The highest BCUT2D eigenvalue weighted by atomic mass is 35.5. The second kappa shape index (κ2) is 7.67. The van der Waals surface area contributed by atoms with Gasteiger partial charge in [0.25, 0.3) is 5.91 Å². The van der Waals surface area contributed by atoms with E-state index in [-0.39, 0.29) is 17.1 Å². The molecular formula is C19H18ClN3O4. The number of aromatic hydroxyl groups is 1. The van der Waals surface area contributed by atoms with E-state index >= 15 is 0 Å². The maximum absolute atomic E-state index is 12.4. The zero-order chi connectivity index (χ0) is 19.6. The van der Waals surface area contributed by atoms with Gasteiger partial charge in [-0.15, -0.1) is 10.2 Å². The van der Waals surface area contributed by atoms with E-state index in [1.165, 1.54) is 20.3 Å². The lowest BCUT2D eigenvalue weighted by Crippen LogP contribution is -1.97. The number of nitrogens with zero attached hydrogens (tertiary/aromatic N) is 3. The van der Waals surface area contributed by atoms with Crippen LogP contribution in [0.2, 0.25) is 5.02 Å². The molecule has 1 amide bonds. The van der Waals surface area contributed by atoms with Crippen LogP contribution in [0.15, 0.2) is 46.6 Å². The molecule has 3 rings (SSSR count). The molecule has 2 aromatic carbocycles. The first-order valence-electron chi connectivity index (χ1n) is 8.19. The maximum atomic E-state index is 12.4. The van der Waals surface area contributed by atoms with Crippen molar-refractivity contribution >= 4 is 34.1 Å². The van der Waals surface area contributed by atoms with E-state index in [1.807, 2.05) is 6.92 Å². The van der Waals surface area contributed by atoms with Crippen molar-refractivity contribution in [3.63, 3.8) is 0 Å². The van der Waals surface area contributed by atoms with Crippen LogP contribution in [0.3, 0.4) is 0 Å². The van der Waals surface area contributed by atoms with Crippen LogP contribution in [0.4, 0.5) is 5.69 Å². The number of aryl methyl sites for hydroxylation is 1. The van der Waals surface area contributed by atoms with Gasteiger partial charge in [-0.05, 0) is 43.3 Å². The Bertz CT molecular complexity index is 1040. The number of fused-ring (bicyclic) bond motifs is 1. The second-order valence-electron chi connectivity index (χ2n) is 5.65. The van der Waals surface area contributed by atoms with Gasteiger partial charge in [0.05, 0.1) is 19.7 Å². The van der Waals surface area contributed by atoms with Gasteiger partial charge in [0.1, 0.15) is 0 Å². The summed E-state index contributed by atoms with van der Waals surface area (Å²) < 4.78 is 12.0. The molecule has 7 nitrogen and oxygen atoms in total. The lowest BCUT2D eigenvalue weighted by atomic mass is 10.2. The number of rotatable bonds is 5. The van der Waals surface area contributed by atoms with E-state index < -0.39 is 5.91 Å². The Morgan fingerprint density at radius 3 is 2.56 bits per heavy atom. The van der Waals surface area contributed by atoms with Gasteiger partial charge in [0.2, 0.25) is 5.88 Å². The van der Waals surface area contributed by atoms with Crippen molar-refractivity contribution in [1.29, 1.82) is 0 Å². The first-order chi connectivity index (χ1) is 13.0. The van der Waals surface area contributed by atoms with E-state index in [1.54, 1.807) is 34.9 Å². The molecule has 0 aliphatic rings. The molecule has 8 heteroatoms. The average Bonchev–Trinajstić information content (AvgIpc) is 2.95. The first kappa shape index (κ1) is 18.7. The Labute approximate surface area is 160 Å². The summed E-state index contributed by atoms with van der Waals surface area (Å²) in [6.07, 6.45) is 0. The van der Waals surface area contributed by atoms with Gasteiger partial charge in [-0.1, -0.05) is 11.6 Å². The predicted molar refractivity (Wildman–Crippen MR) is 103 cm³/mol. The Hall–Kier alpha value is -3.06. The van der Waals surface area contributed by atoms with Crippen LogP contribution in [0.5, 0.6) is 17.4 Å². The third-order valence-corrected chi connectivity index (χ3v) is 4.39. The second-order valence-corrected chi connectivity index (χ2v) is 6.09. The fraction of sp³-hybridized carbons (Fsp3) is 0.211. The Morgan fingerprint density at radius 1 is 1.15 bits per heavy atom. The summed E-state index contributed by atoms with van der Waals surface area (Å²) in [5.41, 5.74) is 1.24. The molecule has 0 bridgehead atoms. The SMILES string of the molecule is CCn1c(O)c(N=NC(=O)c2ccc(OC)c(OC)c2)c2cc(Cl)ccc21. The molecular weight excluding hydrogens is 370 g/mol. The number of hydrogen-bond acceptors (Lipinski definition) is 5. The largest absolute Gasteiger partial charge is 0.493 e. The topological polar surface area (TPSA) is 85.4 Å². The van der Waals surface area contributed by atoms with Gasteiger partial charge < -0.3 is 19.1 Å². The number of carbonyl (C=O) groups excluding carboxylic acids is 1. The molecule has 0 unspecified atom stereocenters. The number of azo groups is 1. The van der Waals surface area contributed by atoms with Gasteiger partial charge >= 0.3 is 0 Å². The summed E-state index contributed by atoms with van der Waals surface area (Å²) in [4.78, 5) is 12.4. The third-order valence-electron chi connectivity index (χ3n) is 4.16. The van der Waals surface area contributed by atoms with Crippen molar-refractivity contribution in [2.24, 2.45) is 10.2 Å². The number of halogens is 1. The minimum atomic E-state index is -0.574. The molecule has 140 valence electrons. The molecule has 1 aromatic heterocycles. The van der Waals surface area contributed by atoms with Crippen LogP contribution in [-0.2, 0) is 6.54 Å². The van der Waals surface area contributed by atoms with Crippen LogP contribution < -0.4 is 9.47 Å². The highest BCUT2D eigenvalue weighted by Gasteiger charge is 2.17. The fourth-order valence-corrected chi connectivity index (χ4v) is 3.01. The number of methoxy groups -OCH3 is 2.